The zero-order valence-corrected chi connectivity index (χ0v) is 16.1. The molecule has 7 nitrogen and oxygen atoms in total. The highest BCUT2D eigenvalue weighted by molar-refractivity contribution is 5.96. The molecule has 2 fully saturated rings. The van der Waals surface area contributed by atoms with Crippen LogP contribution in [-0.4, -0.2) is 44.4 Å². The Kier molecular flexibility index (Phi) is 3.77. The van der Waals surface area contributed by atoms with Gasteiger partial charge in [0.1, 0.15) is 5.65 Å². The number of H-pyrrole nitrogens is 1. The second-order valence-corrected chi connectivity index (χ2v) is 8.37. The molecule has 2 aliphatic rings. The number of hydrogen-bond donors (Lipinski definition) is 2. The summed E-state index contributed by atoms with van der Waals surface area (Å²) in [6.45, 7) is 1.88. The maximum atomic E-state index is 5.42. The monoisotopic (exact) mass is 386 g/mol. The van der Waals surface area contributed by atoms with Gasteiger partial charge in [0.2, 0.25) is 5.95 Å². The summed E-state index contributed by atoms with van der Waals surface area (Å²) in [6, 6.07) is 8.60. The number of ether oxygens (including phenoxy) is 1. The Labute approximate surface area is 167 Å². The van der Waals surface area contributed by atoms with Gasteiger partial charge in [-0.1, -0.05) is 6.07 Å². The molecule has 1 saturated heterocycles. The van der Waals surface area contributed by atoms with Crippen LogP contribution < -0.4 is 5.32 Å². The zero-order chi connectivity index (χ0) is 19.3. The Hall–Kier alpha value is -3.06. The highest BCUT2D eigenvalue weighted by atomic mass is 16.5. The second kappa shape index (κ2) is 6.49. The van der Waals surface area contributed by atoms with Gasteiger partial charge in [-0.15, -0.1) is 0 Å². The topological polar surface area (TPSA) is 88.6 Å². The molecule has 1 saturated carbocycles. The van der Waals surface area contributed by atoms with E-state index in [0.29, 0.717) is 17.4 Å². The van der Waals surface area contributed by atoms with Crippen LogP contribution in [0.15, 0.2) is 42.9 Å². The van der Waals surface area contributed by atoms with Crippen molar-refractivity contribution in [3.8, 4) is 11.1 Å². The minimum atomic E-state index is 0.440. The Morgan fingerprint density at radius 2 is 2.03 bits per heavy atom. The molecule has 0 unspecified atom stereocenters. The van der Waals surface area contributed by atoms with Crippen LogP contribution in [0.2, 0.25) is 0 Å². The molecule has 6 rings (SSSR count). The fraction of sp³-hybridized carbons (Fsp3) is 0.364. The third kappa shape index (κ3) is 2.93. The van der Waals surface area contributed by atoms with Crippen molar-refractivity contribution in [2.45, 2.75) is 31.7 Å². The molecule has 3 aromatic heterocycles. The molecule has 29 heavy (non-hydrogen) atoms. The van der Waals surface area contributed by atoms with Gasteiger partial charge in [-0.25, -0.2) is 4.98 Å². The van der Waals surface area contributed by atoms with Crippen LogP contribution in [0, 0.1) is 5.41 Å². The lowest BCUT2D eigenvalue weighted by Gasteiger charge is -2.46. The first kappa shape index (κ1) is 16.9. The van der Waals surface area contributed by atoms with Crippen LogP contribution in [0.3, 0.4) is 0 Å². The average molecular weight is 386 g/mol. The Morgan fingerprint density at radius 1 is 1.14 bits per heavy atom. The van der Waals surface area contributed by atoms with E-state index in [9.17, 15) is 0 Å². The molecule has 4 heterocycles. The van der Waals surface area contributed by atoms with Crippen LogP contribution in [0.1, 0.15) is 25.7 Å². The third-order valence-corrected chi connectivity index (χ3v) is 6.45. The number of hydrogen-bond acceptors (Lipinski definition) is 6. The van der Waals surface area contributed by atoms with Gasteiger partial charge < -0.3 is 15.0 Å². The molecule has 0 radical (unpaired) electrons. The van der Waals surface area contributed by atoms with E-state index in [-0.39, 0.29) is 0 Å². The van der Waals surface area contributed by atoms with Gasteiger partial charge in [0.15, 0.2) is 0 Å². The number of aromatic amines is 1. The van der Waals surface area contributed by atoms with Gasteiger partial charge >= 0.3 is 0 Å². The largest absolute Gasteiger partial charge is 0.380 e. The van der Waals surface area contributed by atoms with Gasteiger partial charge in [-0.05, 0) is 49.4 Å². The van der Waals surface area contributed by atoms with E-state index in [0.717, 1.165) is 59.1 Å². The molecule has 146 valence electrons. The Bertz CT molecular complexity index is 1190. The van der Waals surface area contributed by atoms with Crippen molar-refractivity contribution < 1.29 is 4.74 Å². The van der Waals surface area contributed by atoms with Crippen molar-refractivity contribution in [1.29, 1.82) is 0 Å². The highest BCUT2D eigenvalue weighted by Gasteiger charge is 2.41. The predicted molar refractivity (Wildman–Crippen MR) is 112 cm³/mol. The molecule has 7 heteroatoms. The molecule has 0 amide bonds. The van der Waals surface area contributed by atoms with Crippen LogP contribution in [0.25, 0.3) is 33.1 Å². The van der Waals surface area contributed by atoms with Gasteiger partial charge in [0, 0.05) is 40.2 Å². The minimum Gasteiger partial charge on any atom is -0.380 e. The van der Waals surface area contributed by atoms with Crippen molar-refractivity contribution >= 4 is 27.9 Å². The number of anilines is 1. The summed E-state index contributed by atoms with van der Waals surface area (Å²) in [5, 5.41) is 13.7. The SMILES string of the molecule is c1cc2cc(-c3c[nH]c4nc(NC5CCC6(CC5)COC6)ncc34)ccc2nn1. The molecule has 0 bridgehead atoms. The number of nitrogens with one attached hydrogen (secondary N) is 2. The van der Waals surface area contributed by atoms with E-state index in [1.807, 2.05) is 24.5 Å². The highest BCUT2D eigenvalue weighted by Crippen LogP contribution is 2.42. The van der Waals surface area contributed by atoms with Gasteiger partial charge in [-0.3, -0.25) is 0 Å². The lowest BCUT2D eigenvalue weighted by molar-refractivity contribution is -0.131. The van der Waals surface area contributed by atoms with Gasteiger partial charge in [0.05, 0.1) is 24.9 Å². The van der Waals surface area contributed by atoms with Crippen molar-refractivity contribution in [2.75, 3.05) is 18.5 Å². The number of benzene rings is 1. The number of fused-ring (bicyclic) bond motifs is 2. The van der Waals surface area contributed by atoms with E-state index in [1.165, 1.54) is 12.8 Å². The fourth-order valence-corrected chi connectivity index (χ4v) is 4.61. The van der Waals surface area contributed by atoms with Crippen LogP contribution in [-0.2, 0) is 4.74 Å². The second-order valence-electron chi connectivity index (χ2n) is 8.37. The molecule has 1 aliphatic carbocycles. The molecule has 0 atom stereocenters. The summed E-state index contributed by atoms with van der Waals surface area (Å²) in [6.07, 6.45) is 10.4. The van der Waals surface area contributed by atoms with E-state index in [1.54, 1.807) is 6.20 Å². The van der Waals surface area contributed by atoms with Crippen LogP contribution >= 0.6 is 0 Å². The normalized spacial score (nSPS) is 18.9. The summed E-state index contributed by atoms with van der Waals surface area (Å²) in [5.74, 6) is 0.700. The quantitative estimate of drug-likeness (QED) is 0.554. The summed E-state index contributed by atoms with van der Waals surface area (Å²) >= 11 is 0. The molecule has 1 aromatic carbocycles. The lowest BCUT2D eigenvalue weighted by atomic mass is 9.71. The van der Waals surface area contributed by atoms with Gasteiger partial charge in [0.25, 0.3) is 0 Å². The van der Waals surface area contributed by atoms with Crippen molar-refractivity contribution in [3.63, 3.8) is 0 Å². The number of rotatable bonds is 3. The zero-order valence-electron chi connectivity index (χ0n) is 16.1. The van der Waals surface area contributed by atoms with E-state index >= 15 is 0 Å². The Balaban J connectivity index is 1.24. The standard InChI is InChI=1S/C22H22N6O/c1-2-19-15(5-8-25-28-19)9-14(1)17-10-23-20-18(17)11-24-21(27-20)26-16-3-6-22(7-4-16)12-29-13-22/h1-2,5,8-11,16H,3-4,6-7,12-13H2,(H2,23,24,26,27). The number of aromatic nitrogens is 5. The maximum absolute atomic E-state index is 5.42. The Morgan fingerprint density at radius 3 is 2.86 bits per heavy atom. The lowest BCUT2D eigenvalue weighted by Crippen LogP contribution is -2.47. The van der Waals surface area contributed by atoms with E-state index in [2.05, 4.69) is 37.6 Å². The summed E-state index contributed by atoms with van der Waals surface area (Å²) in [7, 11) is 0. The van der Waals surface area contributed by atoms with Crippen molar-refractivity contribution in [2.24, 2.45) is 5.41 Å². The van der Waals surface area contributed by atoms with E-state index < -0.39 is 0 Å². The summed E-state index contributed by atoms with van der Waals surface area (Å²) < 4.78 is 5.42. The van der Waals surface area contributed by atoms with E-state index in [4.69, 9.17) is 9.72 Å². The predicted octanol–water partition coefficient (Wildman–Crippen LogP) is 3.94. The van der Waals surface area contributed by atoms with Gasteiger partial charge in [-0.2, -0.15) is 15.2 Å². The molecule has 1 aliphatic heterocycles. The smallest absolute Gasteiger partial charge is 0.224 e. The van der Waals surface area contributed by atoms with Crippen molar-refractivity contribution in [3.05, 3.63) is 42.9 Å². The number of nitrogens with zero attached hydrogens (tertiary/aromatic N) is 4. The molecule has 1 spiro atoms. The average Bonchev–Trinajstić information content (AvgIpc) is 3.16. The van der Waals surface area contributed by atoms with Crippen molar-refractivity contribution in [1.82, 2.24) is 25.1 Å². The molecule has 4 aromatic rings. The molecular weight excluding hydrogens is 364 g/mol. The third-order valence-electron chi connectivity index (χ3n) is 6.45. The summed E-state index contributed by atoms with van der Waals surface area (Å²) in [4.78, 5) is 12.6. The summed E-state index contributed by atoms with van der Waals surface area (Å²) in [5.41, 5.74) is 4.41. The van der Waals surface area contributed by atoms with Crippen LogP contribution in [0.4, 0.5) is 5.95 Å². The first-order valence-electron chi connectivity index (χ1n) is 10.2. The fourth-order valence-electron chi connectivity index (χ4n) is 4.61. The molecular formula is C22H22N6O. The first-order valence-corrected chi connectivity index (χ1v) is 10.2. The minimum absolute atomic E-state index is 0.440. The first-order chi connectivity index (χ1) is 14.3. The molecule has 2 N–H and O–H groups in total. The maximum Gasteiger partial charge on any atom is 0.224 e. The van der Waals surface area contributed by atoms with Crippen LogP contribution in [0.5, 0.6) is 0 Å².